The van der Waals surface area contributed by atoms with Crippen LogP contribution < -0.4 is 9.80 Å². The fourth-order valence-electron chi connectivity index (χ4n) is 11.9. The summed E-state index contributed by atoms with van der Waals surface area (Å²) in [7, 11) is 0. The van der Waals surface area contributed by atoms with Crippen LogP contribution in [0.1, 0.15) is 22.3 Å². The van der Waals surface area contributed by atoms with Crippen LogP contribution in [0.15, 0.2) is 267 Å². The summed E-state index contributed by atoms with van der Waals surface area (Å²) in [6.07, 6.45) is 0. The normalized spacial score (nSPS) is 12.9. The molecule has 0 N–H and O–H groups in total. The topological polar surface area (TPSA) is 6.48 Å². The number of anilines is 6. The van der Waals surface area contributed by atoms with Crippen LogP contribution in [0, 0.1) is 0 Å². The number of para-hydroxylation sites is 4. The Kier molecular flexibility index (Phi) is 9.33. The van der Waals surface area contributed by atoms with Crippen molar-refractivity contribution in [1.29, 1.82) is 0 Å². The van der Waals surface area contributed by atoms with Crippen LogP contribution in [0.5, 0.6) is 0 Å². The van der Waals surface area contributed by atoms with Gasteiger partial charge in [0.25, 0.3) is 0 Å². The fraction of sp³-hybridized carbons (Fsp3) is 0.0149. The van der Waals surface area contributed by atoms with Gasteiger partial charge in [-0.1, -0.05) is 206 Å². The average Bonchev–Trinajstić information content (AvgIpc) is 3.97. The summed E-state index contributed by atoms with van der Waals surface area (Å²) in [6.45, 7) is 0. The quantitative estimate of drug-likeness (QED) is 0.157. The minimum Gasteiger partial charge on any atom is -0.310 e. The first kappa shape index (κ1) is 40.3. The molecule has 11 aromatic carbocycles. The highest BCUT2D eigenvalue weighted by Gasteiger charge is 2.52. The van der Waals surface area contributed by atoms with Crippen molar-refractivity contribution in [3.05, 3.63) is 289 Å². The van der Waals surface area contributed by atoms with E-state index in [1.54, 1.807) is 0 Å². The molecule has 0 unspecified atom stereocenters. The zero-order valence-electron chi connectivity index (χ0n) is 38.2. The van der Waals surface area contributed by atoms with Gasteiger partial charge in [0.15, 0.2) is 0 Å². The van der Waals surface area contributed by atoms with E-state index in [2.05, 4.69) is 277 Å². The SMILES string of the molecule is c1ccc(-c2ccccc2-c2ccccc2N(c2ccc(-c3cccc4sc5ccccc5c34)cc2)c2cccc3c2-c2ccccc2C32c3ccccc3N(c3ccccc3)c3ccccc32)cc1. The largest absolute Gasteiger partial charge is 0.310 e. The molecular formula is C67H44N2S. The molecule has 0 saturated carbocycles. The first-order chi connectivity index (χ1) is 34.8. The molecule has 0 radical (unpaired) electrons. The van der Waals surface area contributed by atoms with Crippen molar-refractivity contribution in [2.75, 3.05) is 9.80 Å². The summed E-state index contributed by atoms with van der Waals surface area (Å²) in [6, 6.07) is 98.7. The summed E-state index contributed by atoms with van der Waals surface area (Å²) in [5.74, 6) is 0. The number of hydrogen-bond acceptors (Lipinski definition) is 3. The van der Waals surface area contributed by atoms with Crippen molar-refractivity contribution >= 4 is 65.6 Å². The molecule has 0 saturated heterocycles. The van der Waals surface area contributed by atoms with Crippen molar-refractivity contribution in [2.24, 2.45) is 0 Å². The first-order valence-corrected chi connectivity index (χ1v) is 24.9. The molecule has 3 heteroatoms. The van der Waals surface area contributed by atoms with Gasteiger partial charge in [-0.2, -0.15) is 0 Å². The molecule has 2 heterocycles. The van der Waals surface area contributed by atoms with Gasteiger partial charge in [-0.05, 0) is 116 Å². The summed E-state index contributed by atoms with van der Waals surface area (Å²) in [5.41, 5.74) is 21.0. The molecule has 1 aliphatic carbocycles. The number of hydrogen-bond donors (Lipinski definition) is 0. The molecular weight excluding hydrogens is 865 g/mol. The first-order valence-electron chi connectivity index (χ1n) is 24.1. The number of thiophene rings is 1. The van der Waals surface area contributed by atoms with Crippen LogP contribution in [0.2, 0.25) is 0 Å². The zero-order chi connectivity index (χ0) is 46.2. The predicted octanol–water partition coefficient (Wildman–Crippen LogP) is 18.7. The second-order valence-corrected chi connectivity index (χ2v) is 19.4. The van der Waals surface area contributed by atoms with Crippen LogP contribution in [-0.2, 0) is 5.41 Å². The van der Waals surface area contributed by atoms with E-state index in [0.29, 0.717) is 0 Å². The highest BCUT2D eigenvalue weighted by atomic mass is 32.1. The van der Waals surface area contributed by atoms with E-state index in [9.17, 15) is 0 Å². The molecule has 0 amide bonds. The highest BCUT2D eigenvalue weighted by Crippen LogP contribution is 2.65. The molecule has 0 bridgehead atoms. The van der Waals surface area contributed by atoms with Gasteiger partial charge in [-0.3, -0.25) is 0 Å². The van der Waals surface area contributed by atoms with Gasteiger partial charge in [0.05, 0.1) is 28.2 Å². The maximum Gasteiger partial charge on any atom is 0.0755 e. The Morgan fingerprint density at radius 3 is 1.60 bits per heavy atom. The van der Waals surface area contributed by atoms with E-state index in [4.69, 9.17) is 0 Å². The van der Waals surface area contributed by atoms with Crippen LogP contribution >= 0.6 is 11.3 Å². The Balaban J connectivity index is 1.03. The Labute approximate surface area is 412 Å². The monoisotopic (exact) mass is 908 g/mol. The molecule has 0 atom stereocenters. The van der Waals surface area contributed by atoms with E-state index in [1.807, 2.05) is 11.3 Å². The molecule has 14 rings (SSSR count). The molecule has 328 valence electrons. The van der Waals surface area contributed by atoms with E-state index in [1.165, 1.54) is 92.7 Å². The second-order valence-electron chi connectivity index (χ2n) is 18.3. The van der Waals surface area contributed by atoms with E-state index in [0.717, 1.165) is 28.3 Å². The Hall–Kier alpha value is -8.76. The fourth-order valence-corrected chi connectivity index (χ4v) is 13.0. The predicted molar refractivity (Wildman–Crippen MR) is 296 cm³/mol. The molecule has 2 nitrogen and oxygen atoms in total. The third kappa shape index (κ3) is 5.98. The zero-order valence-corrected chi connectivity index (χ0v) is 39.0. The summed E-state index contributed by atoms with van der Waals surface area (Å²) >= 11 is 1.87. The standard InChI is InChI=1S/C67H44N2S/c1-3-21-45(22-4-1)49-25-7-8-26-51(49)52-27-10-15-35-59(52)68(48-43-41-46(42-44-48)50-30-19-40-64-65(50)54-29-11-18-39-63(54)70-64)62-38-20-34-58-66(62)53-28-9-12-31-55(53)67(58)56-32-13-16-36-60(56)69(47-23-5-2-6-24-47)61-37-17-14-33-57(61)67/h1-44H. The maximum atomic E-state index is 2.53. The number of nitrogens with zero attached hydrogens (tertiary/aromatic N) is 2. The Morgan fingerprint density at radius 1 is 0.329 bits per heavy atom. The van der Waals surface area contributed by atoms with Crippen molar-refractivity contribution in [3.8, 4) is 44.5 Å². The lowest BCUT2D eigenvalue weighted by Gasteiger charge is -2.45. The molecule has 12 aromatic rings. The van der Waals surface area contributed by atoms with Crippen LogP contribution in [0.4, 0.5) is 34.1 Å². The van der Waals surface area contributed by atoms with Gasteiger partial charge >= 0.3 is 0 Å². The molecule has 1 spiro atoms. The van der Waals surface area contributed by atoms with Crippen LogP contribution in [-0.4, -0.2) is 0 Å². The number of fused-ring (bicyclic) bond motifs is 12. The third-order valence-electron chi connectivity index (χ3n) is 14.7. The second kappa shape index (κ2) is 16.2. The van der Waals surface area contributed by atoms with Crippen LogP contribution in [0.3, 0.4) is 0 Å². The molecule has 70 heavy (non-hydrogen) atoms. The van der Waals surface area contributed by atoms with Crippen molar-refractivity contribution in [2.45, 2.75) is 5.41 Å². The van der Waals surface area contributed by atoms with E-state index < -0.39 is 5.41 Å². The smallest absolute Gasteiger partial charge is 0.0755 e. The van der Waals surface area contributed by atoms with Crippen molar-refractivity contribution < 1.29 is 0 Å². The van der Waals surface area contributed by atoms with Gasteiger partial charge in [-0.25, -0.2) is 0 Å². The van der Waals surface area contributed by atoms with Crippen molar-refractivity contribution in [3.63, 3.8) is 0 Å². The molecule has 0 fully saturated rings. The van der Waals surface area contributed by atoms with Gasteiger partial charge in [0.2, 0.25) is 0 Å². The third-order valence-corrected chi connectivity index (χ3v) is 15.8. The van der Waals surface area contributed by atoms with Gasteiger partial charge in [0.1, 0.15) is 0 Å². The minimum absolute atomic E-state index is 0.600. The van der Waals surface area contributed by atoms with E-state index in [-0.39, 0.29) is 0 Å². The summed E-state index contributed by atoms with van der Waals surface area (Å²) in [4.78, 5) is 4.99. The Bertz CT molecular complexity index is 3920. The number of benzene rings is 11. The number of rotatable bonds is 7. The van der Waals surface area contributed by atoms with Crippen LogP contribution in [0.25, 0.3) is 64.7 Å². The average molecular weight is 909 g/mol. The lowest BCUT2D eigenvalue weighted by Crippen LogP contribution is -2.36. The Morgan fingerprint density at radius 2 is 0.843 bits per heavy atom. The van der Waals surface area contributed by atoms with Gasteiger partial charge in [0, 0.05) is 42.7 Å². The van der Waals surface area contributed by atoms with Crippen molar-refractivity contribution in [1.82, 2.24) is 0 Å². The lowest BCUT2D eigenvalue weighted by atomic mass is 9.64. The lowest BCUT2D eigenvalue weighted by molar-refractivity contribution is 0.752. The highest BCUT2D eigenvalue weighted by molar-refractivity contribution is 7.25. The summed E-state index contributed by atoms with van der Waals surface area (Å²) < 4.78 is 2.62. The minimum atomic E-state index is -0.600. The van der Waals surface area contributed by atoms with E-state index >= 15 is 0 Å². The molecule has 1 aromatic heterocycles. The summed E-state index contributed by atoms with van der Waals surface area (Å²) in [5, 5.41) is 2.62. The van der Waals surface area contributed by atoms with Gasteiger partial charge < -0.3 is 9.80 Å². The molecule has 1 aliphatic heterocycles. The maximum absolute atomic E-state index is 2.53. The van der Waals surface area contributed by atoms with Gasteiger partial charge in [-0.15, -0.1) is 11.3 Å². The molecule has 2 aliphatic rings.